The lowest BCUT2D eigenvalue weighted by Gasteiger charge is -2.18. The van der Waals surface area contributed by atoms with Crippen LogP contribution < -0.4 is 19.5 Å². The molecule has 0 aliphatic carbocycles. The topological polar surface area (TPSA) is 139 Å². The van der Waals surface area contributed by atoms with Crippen LogP contribution in [0.3, 0.4) is 0 Å². The molecule has 0 spiro atoms. The maximum atomic E-state index is 12.8. The van der Waals surface area contributed by atoms with Crippen LogP contribution in [-0.2, 0) is 0 Å². The van der Waals surface area contributed by atoms with Gasteiger partial charge < -0.3 is 24.1 Å². The lowest BCUT2D eigenvalue weighted by atomic mass is 10.0. The number of hydrogen-bond donors (Lipinski definition) is 1. The third-order valence-corrected chi connectivity index (χ3v) is 4.90. The number of rotatable bonds is 9. The molecule has 0 radical (unpaired) electrons. The Bertz CT molecular complexity index is 1130. The Kier molecular flexibility index (Phi) is 7.11. The highest BCUT2D eigenvalue weighted by Gasteiger charge is 2.26. The van der Waals surface area contributed by atoms with Crippen LogP contribution in [0.15, 0.2) is 40.9 Å². The number of aromatic nitrogens is 2. The SMILES string of the molecule is COc1cc(-c2noc([C@H](NC(=O)c3cccc([N+](=O)[O-])c3)C(C)C)n2)cc(OC)c1OC. The predicted octanol–water partition coefficient (Wildman–Crippen LogP) is 3.80. The second-order valence-electron chi connectivity index (χ2n) is 7.37. The molecule has 1 aromatic heterocycles. The first-order chi connectivity index (χ1) is 15.8. The van der Waals surface area contributed by atoms with Gasteiger partial charge in [0.15, 0.2) is 11.5 Å². The molecule has 11 heteroatoms. The Morgan fingerprint density at radius 1 is 1.09 bits per heavy atom. The summed E-state index contributed by atoms with van der Waals surface area (Å²) in [5.41, 5.74) is 0.539. The lowest BCUT2D eigenvalue weighted by molar-refractivity contribution is -0.384. The van der Waals surface area contributed by atoms with Gasteiger partial charge in [0.1, 0.15) is 6.04 Å². The maximum absolute atomic E-state index is 12.8. The van der Waals surface area contributed by atoms with E-state index in [-0.39, 0.29) is 28.9 Å². The molecule has 0 aliphatic rings. The number of nitrogens with zero attached hydrogens (tertiary/aromatic N) is 3. The minimum Gasteiger partial charge on any atom is -0.493 e. The molecule has 0 saturated carbocycles. The maximum Gasteiger partial charge on any atom is 0.270 e. The van der Waals surface area contributed by atoms with Crippen molar-refractivity contribution >= 4 is 11.6 Å². The average Bonchev–Trinajstić information content (AvgIpc) is 3.30. The Hall–Kier alpha value is -4.15. The van der Waals surface area contributed by atoms with Crippen molar-refractivity contribution < 1.29 is 28.5 Å². The zero-order valence-corrected chi connectivity index (χ0v) is 18.8. The van der Waals surface area contributed by atoms with Crippen molar-refractivity contribution in [3.8, 4) is 28.6 Å². The van der Waals surface area contributed by atoms with Crippen LogP contribution in [0.1, 0.15) is 36.1 Å². The van der Waals surface area contributed by atoms with Gasteiger partial charge >= 0.3 is 0 Å². The van der Waals surface area contributed by atoms with Crippen LogP contribution in [-0.4, -0.2) is 42.3 Å². The van der Waals surface area contributed by atoms with E-state index < -0.39 is 16.9 Å². The lowest BCUT2D eigenvalue weighted by Crippen LogP contribution is -2.32. The van der Waals surface area contributed by atoms with Gasteiger partial charge in [0.2, 0.25) is 17.5 Å². The molecule has 33 heavy (non-hydrogen) atoms. The van der Waals surface area contributed by atoms with Gasteiger partial charge in [-0.1, -0.05) is 25.1 Å². The summed E-state index contributed by atoms with van der Waals surface area (Å²) >= 11 is 0. The van der Waals surface area contributed by atoms with Crippen LogP contribution in [0.5, 0.6) is 17.2 Å². The number of methoxy groups -OCH3 is 3. The Labute approximate surface area is 189 Å². The van der Waals surface area contributed by atoms with Crippen LogP contribution in [0, 0.1) is 16.0 Å². The normalized spacial score (nSPS) is 11.7. The fraction of sp³-hybridized carbons (Fsp3) is 0.318. The summed E-state index contributed by atoms with van der Waals surface area (Å²) in [6.45, 7) is 3.75. The molecule has 0 saturated heterocycles. The fourth-order valence-electron chi connectivity index (χ4n) is 3.19. The molecule has 0 fully saturated rings. The summed E-state index contributed by atoms with van der Waals surface area (Å²) in [5, 5.41) is 17.9. The number of hydrogen-bond acceptors (Lipinski definition) is 9. The third-order valence-electron chi connectivity index (χ3n) is 4.90. The van der Waals surface area contributed by atoms with E-state index in [1.165, 1.54) is 45.6 Å². The molecule has 1 atom stereocenters. The Morgan fingerprint density at radius 3 is 2.30 bits per heavy atom. The summed E-state index contributed by atoms with van der Waals surface area (Å²) in [4.78, 5) is 27.7. The molecule has 11 nitrogen and oxygen atoms in total. The standard InChI is InChI=1S/C22H24N4O7/c1-12(2)18(23-21(27)13-7-6-8-15(9-13)26(28)29)22-24-20(25-33-22)14-10-16(30-3)19(32-5)17(11-14)31-4/h6-12,18H,1-5H3,(H,23,27)/t18-/m1/s1. The highest BCUT2D eigenvalue weighted by atomic mass is 16.6. The van der Waals surface area contributed by atoms with Crippen LogP contribution in [0.4, 0.5) is 5.69 Å². The summed E-state index contributed by atoms with van der Waals surface area (Å²) in [6, 6.07) is 8.21. The van der Waals surface area contributed by atoms with Gasteiger partial charge in [-0.15, -0.1) is 0 Å². The molecule has 174 valence electrons. The zero-order chi connectivity index (χ0) is 24.1. The molecule has 0 bridgehead atoms. The van der Waals surface area contributed by atoms with E-state index in [0.717, 1.165) is 0 Å². The van der Waals surface area contributed by atoms with Crippen LogP contribution in [0.25, 0.3) is 11.4 Å². The predicted molar refractivity (Wildman–Crippen MR) is 118 cm³/mol. The first-order valence-electron chi connectivity index (χ1n) is 9.98. The van der Waals surface area contributed by atoms with Crippen molar-refractivity contribution in [2.45, 2.75) is 19.9 Å². The summed E-state index contributed by atoms with van der Waals surface area (Å²) in [6.07, 6.45) is 0. The van der Waals surface area contributed by atoms with E-state index in [1.54, 1.807) is 12.1 Å². The number of nitro benzene ring substituents is 1. The summed E-state index contributed by atoms with van der Waals surface area (Å²) in [5.74, 6) is 1.13. The zero-order valence-electron chi connectivity index (χ0n) is 18.8. The number of ether oxygens (including phenoxy) is 3. The summed E-state index contributed by atoms with van der Waals surface area (Å²) in [7, 11) is 4.51. The molecular formula is C22H24N4O7. The van der Waals surface area contributed by atoms with E-state index in [2.05, 4.69) is 15.5 Å². The molecule has 1 N–H and O–H groups in total. The van der Waals surface area contributed by atoms with Crippen LogP contribution in [0.2, 0.25) is 0 Å². The largest absolute Gasteiger partial charge is 0.493 e. The summed E-state index contributed by atoms with van der Waals surface area (Å²) < 4.78 is 21.5. The van der Waals surface area contributed by atoms with Crippen molar-refractivity contribution in [1.82, 2.24) is 15.5 Å². The van der Waals surface area contributed by atoms with Gasteiger partial charge in [0, 0.05) is 23.3 Å². The number of non-ortho nitro benzene ring substituents is 1. The van der Waals surface area contributed by atoms with E-state index in [9.17, 15) is 14.9 Å². The number of amides is 1. The van der Waals surface area contributed by atoms with Crippen molar-refractivity contribution in [2.75, 3.05) is 21.3 Å². The van der Waals surface area contributed by atoms with E-state index in [4.69, 9.17) is 18.7 Å². The highest BCUT2D eigenvalue weighted by Crippen LogP contribution is 2.40. The van der Waals surface area contributed by atoms with E-state index >= 15 is 0 Å². The third kappa shape index (κ3) is 5.03. The quantitative estimate of drug-likeness (QED) is 0.376. The first kappa shape index (κ1) is 23.5. The monoisotopic (exact) mass is 456 g/mol. The van der Waals surface area contributed by atoms with Gasteiger partial charge in [-0.3, -0.25) is 14.9 Å². The van der Waals surface area contributed by atoms with Crippen molar-refractivity contribution in [1.29, 1.82) is 0 Å². The van der Waals surface area contributed by atoms with Gasteiger partial charge in [-0.05, 0) is 24.1 Å². The molecular weight excluding hydrogens is 432 g/mol. The molecule has 3 rings (SSSR count). The molecule has 0 unspecified atom stereocenters. The second-order valence-corrected chi connectivity index (χ2v) is 7.37. The Balaban J connectivity index is 1.90. The van der Waals surface area contributed by atoms with Crippen molar-refractivity contribution in [3.63, 3.8) is 0 Å². The highest BCUT2D eigenvalue weighted by molar-refractivity contribution is 5.95. The molecule has 1 amide bonds. The first-order valence-corrected chi connectivity index (χ1v) is 9.98. The van der Waals surface area contributed by atoms with Crippen molar-refractivity contribution in [2.24, 2.45) is 5.92 Å². The number of nitrogens with one attached hydrogen (secondary N) is 1. The average molecular weight is 456 g/mol. The number of benzene rings is 2. The fourth-order valence-corrected chi connectivity index (χ4v) is 3.19. The van der Waals surface area contributed by atoms with E-state index in [0.29, 0.717) is 22.8 Å². The number of carbonyl (C=O) groups excluding carboxylic acids is 1. The van der Waals surface area contributed by atoms with E-state index in [1.807, 2.05) is 13.8 Å². The number of carbonyl (C=O) groups is 1. The molecule has 3 aromatic rings. The number of nitro groups is 1. The Morgan fingerprint density at radius 2 is 1.76 bits per heavy atom. The van der Waals surface area contributed by atoms with Crippen LogP contribution >= 0.6 is 0 Å². The van der Waals surface area contributed by atoms with Gasteiger partial charge in [0.05, 0.1) is 26.3 Å². The molecule has 1 heterocycles. The smallest absolute Gasteiger partial charge is 0.270 e. The van der Waals surface area contributed by atoms with Gasteiger partial charge in [-0.25, -0.2) is 0 Å². The van der Waals surface area contributed by atoms with Crippen molar-refractivity contribution in [3.05, 3.63) is 58.0 Å². The minimum absolute atomic E-state index is 0.110. The van der Waals surface area contributed by atoms with Gasteiger partial charge in [-0.2, -0.15) is 4.98 Å². The minimum atomic E-state index is -0.625. The van der Waals surface area contributed by atoms with Gasteiger partial charge in [0.25, 0.3) is 11.6 Å². The molecule has 0 aliphatic heterocycles. The molecule has 2 aromatic carbocycles. The second kappa shape index (κ2) is 9.98.